The van der Waals surface area contributed by atoms with Crippen molar-refractivity contribution in [2.75, 3.05) is 24.7 Å². The molecule has 0 spiro atoms. The summed E-state index contributed by atoms with van der Waals surface area (Å²) in [6.45, 7) is 1.55. The molecule has 0 atom stereocenters. The van der Waals surface area contributed by atoms with Gasteiger partial charge in [0.2, 0.25) is 0 Å². The van der Waals surface area contributed by atoms with Crippen LogP contribution in [0.3, 0.4) is 0 Å². The average Bonchev–Trinajstić information content (AvgIpc) is 2.38. The number of aliphatic hydroxyl groups is 1. The first-order chi connectivity index (χ1) is 8.75. The summed E-state index contributed by atoms with van der Waals surface area (Å²) in [5, 5.41) is 22.6. The Kier molecular flexibility index (Phi) is 7.40. The van der Waals surface area contributed by atoms with Crippen molar-refractivity contribution in [1.29, 1.82) is 0 Å². The van der Waals surface area contributed by atoms with Crippen LogP contribution < -0.4 is 5.32 Å². The summed E-state index contributed by atoms with van der Waals surface area (Å²) in [5.74, 6) is 1.89. The highest BCUT2D eigenvalue weighted by molar-refractivity contribution is 7.99. The largest absolute Gasteiger partial charge is 0.396 e. The van der Waals surface area contributed by atoms with Gasteiger partial charge in [-0.3, -0.25) is 10.1 Å². The highest BCUT2D eigenvalue weighted by Gasteiger charge is 2.10. The number of aliphatic hydroxyl groups excluding tert-OH is 1. The van der Waals surface area contributed by atoms with Gasteiger partial charge in [-0.1, -0.05) is 18.2 Å². The van der Waals surface area contributed by atoms with Crippen LogP contribution >= 0.6 is 11.8 Å². The van der Waals surface area contributed by atoms with Crippen molar-refractivity contribution in [2.24, 2.45) is 0 Å². The van der Waals surface area contributed by atoms with Gasteiger partial charge >= 0.3 is 0 Å². The SMILES string of the molecule is O=[N+]([O-])c1ccccc1CNCCSCCCO. The third kappa shape index (κ3) is 5.48. The van der Waals surface area contributed by atoms with E-state index in [1.165, 1.54) is 6.07 Å². The number of hydrogen-bond acceptors (Lipinski definition) is 5. The van der Waals surface area contributed by atoms with E-state index in [-0.39, 0.29) is 17.2 Å². The molecule has 2 N–H and O–H groups in total. The first kappa shape index (κ1) is 14.9. The Balaban J connectivity index is 2.25. The summed E-state index contributed by atoms with van der Waals surface area (Å²) in [6.07, 6.45) is 0.814. The van der Waals surface area contributed by atoms with Crippen LogP contribution in [0, 0.1) is 10.1 Å². The molecule has 0 saturated heterocycles. The summed E-state index contributed by atoms with van der Waals surface area (Å²) in [5.41, 5.74) is 0.876. The molecule has 0 aliphatic carbocycles. The lowest BCUT2D eigenvalue weighted by molar-refractivity contribution is -0.385. The minimum atomic E-state index is -0.354. The highest BCUT2D eigenvalue weighted by Crippen LogP contribution is 2.16. The third-order valence-corrected chi connectivity index (χ3v) is 3.44. The fourth-order valence-corrected chi connectivity index (χ4v) is 2.30. The molecule has 0 bridgehead atoms. The van der Waals surface area contributed by atoms with Crippen molar-refractivity contribution in [2.45, 2.75) is 13.0 Å². The highest BCUT2D eigenvalue weighted by atomic mass is 32.2. The maximum Gasteiger partial charge on any atom is 0.273 e. The molecule has 0 aliphatic rings. The van der Waals surface area contributed by atoms with Gasteiger partial charge in [0.1, 0.15) is 0 Å². The summed E-state index contributed by atoms with van der Waals surface area (Å²) >= 11 is 1.77. The second kappa shape index (κ2) is 8.91. The van der Waals surface area contributed by atoms with Crippen LogP contribution in [-0.4, -0.2) is 34.7 Å². The normalized spacial score (nSPS) is 10.5. The van der Waals surface area contributed by atoms with Gasteiger partial charge in [-0.2, -0.15) is 11.8 Å². The molecule has 0 aliphatic heterocycles. The molecule has 5 nitrogen and oxygen atoms in total. The molecule has 1 aromatic carbocycles. The van der Waals surface area contributed by atoms with E-state index >= 15 is 0 Å². The van der Waals surface area contributed by atoms with Crippen molar-refractivity contribution in [3.05, 3.63) is 39.9 Å². The molecule has 0 unspecified atom stereocenters. The molecule has 0 heterocycles. The van der Waals surface area contributed by atoms with Gasteiger partial charge in [-0.05, 0) is 12.2 Å². The Labute approximate surface area is 111 Å². The second-order valence-electron chi connectivity index (χ2n) is 3.75. The van der Waals surface area contributed by atoms with Gasteiger partial charge in [0, 0.05) is 37.1 Å². The summed E-state index contributed by atoms with van der Waals surface area (Å²) in [4.78, 5) is 10.4. The van der Waals surface area contributed by atoms with Crippen molar-refractivity contribution < 1.29 is 10.0 Å². The number of hydrogen-bond donors (Lipinski definition) is 2. The maximum absolute atomic E-state index is 10.8. The Morgan fingerprint density at radius 2 is 2.11 bits per heavy atom. The molecular weight excluding hydrogens is 252 g/mol. The molecule has 0 fully saturated rings. The number of nitro groups is 1. The zero-order chi connectivity index (χ0) is 13.2. The molecule has 0 saturated carbocycles. The molecule has 0 aromatic heterocycles. The molecule has 0 radical (unpaired) electrons. The van der Waals surface area contributed by atoms with Crippen LogP contribution in [0.15, 0.2) is 24.3 Å². The second-order valence-corrected chi connectivity index (χ2v) is 4.98. The molecule has 6 heteroatoms. The van der Waals surface area contributed by atoms with Crippen molar-refractivity contribution in [3.8, 4) is 0 Å². The number of benzene rings is 1. The zero-order valence-corrected chi connectivity index (χ0v) is 11.0. The molecule has 1 rings (SSSR count). The third-order valence-electron chi connectivity index (χ3n) is 2.37. The number of nitrogens with one attached hydrogen (secondary N) is 1. The summed E-state index contributed by atoms with van der Waals surface area (Å²) in [7, 11) is 0. The standard InChI is InChI=1S/C12H18N2O3S/c15-7-3-8-18-9-6-13-10-11-4-1-2-5-12(11)14(16)17/h1-2,4-5,13,15H,3,6-10H2. The van der Waals surface area contributed by atoms with E-state index in [2.05, 4.69) is 5.32 Å². The smallest absolute Gasteiger partial charge is 0.273 e. The number of para-hydroxylation sites is 1. The number of nitro benzene ring substituents is 1. The summed E-state index contributed by atoms with van der Waals surface area (Å²) < 4.78 is 0. The van der Waals surface area contributed by atoms with E-state index in [1.54, 1.807) is 30.0 Å². The number of thioether (sulfide) groups is 1. The Morgan fingerprint density at radius 3 is 2.83 bits per heavy atom. The minimum Gasteiger partial charge on any atom is -0.396 e. The maximum atomic E-state index is 10.8. The lowest BCUT2D eigenvalue weighted by Crippen LogP contribution is -2.17. The van der Waals surface area contributed by atoms with E-state index in [9.17, 15) is 10.1 Å². The van der Waals surface area contributed by atoms with Gasteiger partial charge in [0.15, 0.2) is 0 Å². The van der Waals surface area contributed by atoms with Gasteiger partial charge in [0.25, 0.3) is 5.69 Å². The van der Waals surface area contributed by atoms with Gasteiger partial charge < -0.3 is 10.4 Å². The first-order valence-corrected chi connectivity index (χ1v) is 7.03. The Bertz CT molecular complexity index is 374. The Morgan fingerprint density at radius 1 is 1.33 bits per heavy atom. The van der Waals surface area contributed by atoms with Crippen LogP contribution in [0.5, 0.6) is 0 Å². The van der Waals surface area contributed by atoms with Crippen LogP contribution in [0.2, 0.25) is 0 Å². The van der Waals surface area contributed by atoms with Crippen LogP contribution in [0.1, 0.15) is 12.0 Å². The Hall–Kier alpha value is -1.11. The van der Waals surface area contributed by atoms with E-state index in [0.717, 1.165) is 24.5 Å². The minimum absolute atomic E-state index is 0.165. The first-order valence-electron chi connectivity index (χ1n) is 5.87. The molecule has 18 heavy (non-hydrogen) atoms. The quantitative estimate of drug-likeness (QED) is 0.406. The molecule has 100 valence electrons. The topological polar surface area (TPSA) is 75.4 Å². The van der Waals surface area contributed by atoms with Crippen LogP contribution in [-0.2, 0) is 6.54 Å². The number of nitrogens with zero attached hydrogens (tertiary/aromatic N) is 1. The van der Waals surface area contributed by atoms with E-state index in [1.807, 2.05) is 0 Å². The zero-order valence-electron chi connectivity index (χ0n) is 10.2. The summed E-state index contributed by atoms with van der Waals surface area (Å²) in [6, 6.07) is 6.77. The van der Waals surface area contributed by atoms with Gasteiger partial charge in [0.05, 0.1) is 4.92 Å². The number of rotatable bonds is 9. The van der Waals surface area contributed by atoms with E-state index in [0.29, 0.717) is 12.1 Å². The van der Waals surface area contributed by atoms with Crippen molar-refractivity contribution in [1.82, 2.24) is 5.32 Å². The van der Waals surface area contributed by atoms with Gasteiger partial charge in [-0.25, -0.2) is 0 Å². The van der Waals surface area contributed by atoms with E-state index in [4.69, 9.17) is 5.11 Å². The molecular formula is C12H18N2O3S. The van der Waals surface area contributed by atoms with Crippen molar-refractivity contribution >= 4 is 17.4 Å². The lowest BCUT2D eigenvalue weighted by atomic mass is 10.2. The molecule has 1 aromatic rings. The monoisotopic (exact) mass is 270 g/mol. The predicted molar refractivity (Wildman–Crippen MR) is 73.8 cm³/mol. The average molecular weight is 270 g/mol. The molecule has 0 amide bonds. The van der Waals surface area contributed by atoms with Crippen LogP contribution in [0.4, 0.5) is 5.69 Å². The van der Waals surface area contributed by atoms with E-state index < -0.39 is 0 Å². The van der Waals surface area contributed by atoms with Crippen LogP contribution in [0.25, 0.3) is 0 Å². The predicted octanol–water partition coefficient (Wildman–Crippen LogP) is 1.80. The fourth-order valence-electron chi connectivity index (χ4n) is 1.47. The van der Waals surface area contributed by atoms with Crippen molar-refractivity contribution in [3.63, 3.8) is 0 Å². The lowest BCUT2D eigenvalue weighted by Gasteiger charge is -2.05. The fraction of sp³-hybridized carbons (Fsp3) is 0.500. The van der Waals surface area contributed by atoms with Gasteiger partial charge in [-0.15, -0.1) is 0 Å².